The van der Waals surface area contributed by atoms with Crippen molar-refractivity contribution in [2.45, 2.75) is 6.61 Å². The van der Waals surface area contributed by atoms with Gasteiger partial charge in [-0.3, -0.25) is 4.79 Å². The molecule has 5 nitrogen and oxygen atoms in total. The molecule has 0 unspecified atom stereocenters. The Labute approximate surface area is 155 Å². The van der Waals surface area contributed by atoms with Gasteiger partial charge in [0.1, 0.15) is 18.2 Å². The van der Waals surface area contributed by atoms with Gasteiger partial charge in [-0.15, -0.1) is 0 Å². The highest BCUT2D eigenvalue weighted by atomic mass is 19.1. The lowest BCUT2D eigenvalue weighted by molar-refractivity contribution is 0.0696. The molecule has 0 aliphatic heterocycles. The number of aromatic carboxylic acids is 1. The maximum absolute atomic E-state index is 12.9. The Morgan fingerprint density at radius 2 is 1.63 bits per heavy atom. The predicted molar refractivity (Wildman–Crippen MR) is 98.5 cm³/mol. The summed E-state index contributed by atoms with van der Waals surface area (Å²) in [6.45, 7) is 0.211. The first-order valence-electron chi connectivity index (χ1n) is 8.13. The van der Waals surface area contributed by atoms with E-state index in [1.807, 2.05) is 0 Å². The Hall–Kier alpha value is -3.67. The minimum Gasteiger partial charge on any atom is -0.489 e. The number of halogens is 1. The van der Waals surface area contributed by atoms with Gasteiger partial charge >= 0.3 is 5.97 Å². The lowest BCUT2D eigenvalue weighted by atomic mass is 10.1. The van der Waals surface area contributed by atoms with Crippen LogP contribution >= 0.6 is 0 Å². The molecule has 0 aromatic heterocycles. The van der Waals surface area contributed by atoms with Crippen LogP contribution in [0.3, 0.4) is 0 Å². The number of carbonyl (C=O) groups is 2. The summed E-state index contributed by atoms with van der Waals surface area (Å²) in [7, 11) is 0. The molecule has 27 heavy (non-hydrogen) atoms. The summed E-state index contributed by atoms with van der Waals surface area (Å²) in [6, 6.07) is 18.5. The van der Waals surface area contributed by atoms with Gasteiger partial charge in [-0.2, -0.15) is 0 Å². The third-order valence-electron chi connectivity index (χ3n) is 3.80. The van der Waals surface area contributed by atoms with E-state index in [-0.39, 0.29) is 23.9 Å². The number of anilines is 1. The molecule has 6 heteroatoms. The second-order valence-electron chi connectivity index (χ2n) is 5.78. The topological polar surface area (TPSA) is 75.6 Å². The molecule has 0 heterocycles. The molecule has 2 N–H and O–H groups in total. The van der Waals surface area contributed by atoms with E-state index in [4.69, 9.17) is 9.84 Å². The molecule has 0 aliphatic carbocycles. The fourth-order valence-electron chi connectivity index (χ4n) is 2.40. The first kappa shape index (κ1) is 18.1. The number of ether oxygens (including phenoxy) is 1. The Bertz CT molecular complexity index is 953. The van der Waals surface area contributed by atoms with Crippen molar-refractivity contribution in [3.05, 3.63) is 95.3 Å². The van der Waals surface area contributed by atoms with E-state index >= 15 is 0 Å². The summed E-state index contributed by atoms with van der Waals surface area (Å²) in [5.41, 5.74) is 1.86. The van der Waals surface area contributed by atoms with Gasteiger partial charge in [0.15, 0.2) is 0 Å². The minimum absolute atomic E-state index is 0.198. The molecule has 0 radical (unpaired) electrons. The zero-order valence-electron chi connectivity index (χ0n) is 14.2. The lowest BCUT2D eigenvalue weighted by Crippen LogP contribution is -2.11. The molecule has 0 fully saturated rings. The standard InChI is InChI=1S/C21H16FNO4/c22-17-6-8-18(9-7-17)23-20(24)15-4-10-19(11-5-15)27-13-14-2-1-3-16(12-14)21(25)26/h1-12H,13H2,(H,23,24)(H,25,26). The molecule has 1 amide bonds. The normalized spacial score (nSPS) is 10.3. The number of carboxylic acid groups (broad SMARTS) is 1. The third-order valence-corrected chi connectivity index (χ3v) is 3.80. The van der Waals surface area contributed by atoms with E-state index < -0.39 is 5.97 Å². The molecule has 3 aromatic rings. The number of benzene rings is 3. The average molecular weight is 365 g/mol. The highest BCUT2D eigenvalue weighted by Crippen LogP contribution is 2.16. The van der Waals surface area contributed by atoms with Gasteiger partial charge in [0.2, 0.25) is 0 Å². The monoisotopic (exact) mass is 365 g/mol. The van der Waals surface area contributed by atoms with E-state index in [0.717, 1.165) is 5.56 Å². The largest absolute Gasteiger partial charge is 0.489 e. The zero-order chi connectivity index (χ0) is 19.2. The van der Waals surface area contributed by atoms with Gasteiger partial charge < -0.3 is 15.2 Å². The van der Waals surface area contributed by atoms with Crippen molar-refractivity contribution >= 4 is 17.6 Å². The summed E-state index contributed by atoms with van der Waals surface area (Å²) in [5, 5.41) is 11.7. The fraction of sp³-hybridized carbons (Fsp3) is 0.0476. The minimum atomic E-state index is -0.992. The second kappa shape index (κ2) is 8.14. The maximum Gasteiger partial charge on any atom is 0.335 e. The molecule has 0 saturated carbocycles. The fourth-order valence-corrected chi connectivity index (χ4v) is 2.40. The maximum atomic E-state index is 12.9. The van der Waals surface area contributed by atoms with E-state index in [2.05, 4.69) is 5.32 Å². The number of hydrogen-bond acceptors (Lipinski definition) is 3. The number of amides is 1. The summed E-state index contributed by atoms with van der Waals surface area (Å²) in [4.78, 5) is 23.2. The van der Waals surface area contributed by atoms with Crippen molar-refractivity contribution in [2.24, 2.45) is 0 Å². The van der Waals surface area contributed by atoms with Crippen LogP contribution in [-0.4, -0.2) is 17.0 Å². The van der Waals surface area contributed by atoms with Gasteiger partial charge in [0.05, 0.1) is 5.56 Å². The summed E-state index contributed by atoms with van der Waals surface area (Å²) >= 11 is 0. The van der Waals surface area contributed by atoms with Gasteiger partial charge in [-0.05, 0) is 66.2 Å². The quantitative estimate of drug-likeness (QED) is 0.681. The van der Waals surface area contributed by atoms with E-state index in [9.17, 15) is 14.0 Å². The highest BCUT2D eigenvalue weighted by Gasteiger charge is 2.07. The Morgan fingerprint density at radius 1 is 0.926 bits per heavy atom. The summed E-state index contributed by atoms with van der Waals surface area (Å²) < 4.78 is 18.5. The molecular weight excluding hydrogens is 349 g/mol. The van der Waals surface area contributed by atoms with Gasteiger partial charge in [0.25, 0.3) is 5.91 Å². The number of carbonyl (C=O) groups excluding carboxylic acids is 1. The van der Waals surface area contributed by atoms with Crippen LogP contribution < -0.4 is 10.1 Å². The molecule has 0 saturated heterocycles. The number of hydrogen-bond donors (Lipinski definition) is 2. The molecule has 0 spiro atoms. The Morgan fingerprint density at radius 3 is 2.30 bits per heavy atom. The van der Waals surface area contributed by atoms with E-state index in [1.54, 1.807) is 42.5 Å². The highest BCUT2D eigenvalue weighted by molar-refractivity contribution is 6.04. The summed E-state index contributed by atoms with van der Waals surface area (Å²) in [6.07, 6.45) is 0. The SMILES string of the molecule is O=C(O)c1cccc(COc2ccc(C(=O)Nc3ccc(F)cc3)cc2)c1. The molecule has 0 bridgehead atoms. The van der Waals surface area contributed by atoms with Crippen molar-refractivity contribution in [3.8, 4) is 5.75 Å². The van der Waals surface area contributed by atoms with Crippen LogP contribution in [0.1, 0.15) is 26.3 Å². The first-order chi connectivity index (χ1) is 13.0. The molecule has 0 aliphatic rings. The lowest BCUT2D eigenvalue weighted by Gasteiger charge is -2.09. The van der Waals surface area contributed by atoms with Crippen molar-refractivity contribution in [1.29, 1.82) is 0 Å². The second-order valence-corrected chi connectivity index (χ2v) is 5.78. The average Bonchev–Trinajstić information content (AvgIpc) is 2.68. The predicted octanol–water partition coefficient (Wildman–Crippen LogP) is 4.36. The summed E-state index contributed by atoms with van der Waals surface area (Å²) in [5.74, 6) is -1.13. The molecule has 3 aromatic carbocycles. The third kappa shape index (κ3) is 4.92. The van der Waals surface area contributed by atoms with Crippen molar-refractivity contribution < 1.29 is 23.8 Å². The smallest absolute Gasteiger partial charge is 0.335 e. The van der Waals surface area contributed by atoms with Crippen LogP contribution in [0.4, 0.5) is 10.1 Å². The van der Waals surface area contributed by atoms with E-state index in [0.29, 0.717) is 17.0 Å². The van der Waals surface area contributed by atoms with Crippen LogP contribution in [0.2, 0.25) is 0 Å². The first-order valence-corrected chi connectivity index (χ1v) is 8.13. The van der Waals surface area contributed by atoms with Crippen LogP contribution in [0.15, 0.2) is 72.8 Å². The number of carboxylic acids is 1. The molecule has 3 rings (SSSR count). The van der Waals surface area contributed by atoms with Gasteiger partial charge in [-0.1, -0.05) is 12.1 Å². The van der Waals surface area contributed by atoms with Gasteiger partial charge in [-0.25, -0.2) is 9.18 Å². The molecule has 0 atom stereocenters. The number of nitrogens with one attached hydrogen (secondary N) is 1. The van der Waals surface area contributed by atoms with Crippen molar-refractivity contribution in [2.75, 3.05) is 5.32 Å². The Balaban J connectivity index is 1.59. The van der Waals surface area contributed by atoms with Crippen LogP contribution in [0, 0.1) is 5.82 Å². The Kier molecular flexibility index (Phi) is 5.47. The van der Waals surface area contributed by atoms with Crippen LogP contribution in [-0.2, 0) is 6.61 Å². The van der Waals surface area contributed by atoms with Gasteiger partial charge in [0, 0.05) is 11.3 Å². The van der Waals surface area contributed by atoms with Crippen LogP contribution in [0.5, 0.6) is 5.75 Å². The van der Waals surface area contributed by atoms with Crippen molar-refractivity contribution in [1.82, 2.24) is 0 Å². The van der Waals surface area contributed by atoms with E-state index in [1.165, 1.54) is 30.3 Å². The number of rotatable bonds is 6. The molecule has 136 valence electrons. The van der Waals surface area contributed by atoms with Crippen molar-refractivity contribution in [3.63, 3.8) is 0 Å². The van der Waals surface area contributed by atoms with Crippen LogP contribution in [0.25, 0.3) is 0 Å². The molecular formula is C21H16FNO4. The zero-order valence-corrected chi connectivity index (χ0v) is 14.2.